The fraction of sp³-hybridized carbons (Fsp3) is 0.182. The first-order valence-electron chi connectivity index (χ1n) is 10.1. The standard InChI is InChI=1S/C22H19N3O6S3/c1-13-5-4-6-14(11-13)23-17(26)12-25-16-8-3-2-7-15(16)18(20(25)27)19-21(28)24(22(32)33-19)9-10-34(29,30)31/h2-8,11H,9-10,12H2,1H3,(H,23,26)(H,29,30,31)/b19-18-. The number of aryl methyl sites for hydroxylation is 1. The molecule has 176 valence electrons. The molecular formula is C22H19N3O6S3. The predicted molar refractivity (Wildman–Crippen MR) is 134 cm³/mol. The van der Waals surface area contributed by atoms with Gasteiger partial charge in [0.25, 0.3) is 21.9 Å². The Morgan fingerprint density at radius 3 is 2.53 bits per heavy atom. The van der Waals surface area contributed by atoms with Gasteiger partial charge in [-0.2, -0.15) is 8.42 Å². The number of benzene rings is 2. The number of hydrogen-bond donors (Lipinski definition) is 2. The number of para-hydroxylation sites is 1. The van der Waals surface area contributed by atoms with Crippen molar-refractivity contribution >= 4 is 73.1 Å². The summed E-state index contributed by atoms with van der Waals surface area (Å²) >= 11 is 6.09. The number of fused-ring (bicyclic) bond motifs is 1. The van der Waals surface area contributed by atoms with Crippen molar-refractivity contribution in [1.29, 1.82) is 0 Å². The van der Waals surface area contributed by atoms with E-state index in [1.165, 1.54) is 4.90 Å². The molecule has 2 aromatic rings. The molecule has 2 aromatic carbocycles. The zero-order chi connectivity index (χ0) is 24.6. The van der Waals surface area contributed by atoms with Gasteiger partial charge in [-0.05, 0) is 30.7 Å². The summed E-state index contributed by atoms with van der Waals surface area (Å²) in [6.07, 6.45) is 0. The number of amides is 3. The largest absolute Gasteiger partial charge is 0.325 e. The van der Waals surface area contributed by atoms with Gasteiger partial charge in [0.1, 0.15) is 10.9 Å². The SMILES string of the molecule is Cc1cccc(NC(=O)CN2C(=O)/C(=C3\SC(=S)N(CCS(=O)(=O)O)C3=O)c3ccccc32)c1. The molecule has 0 aromatic heterocycles. The second kappa shape index (κ2) is 9.29. The topological polar surface area (TPSA) is 124 Å². The average Bonchev–Trinajstić information content (AvgIpc) is 3.18. The number of hydrogen-bond acceptors (Lipinski definition) is 7. The van der Waals surface area contributed by atoms with Crippen LogP contribution in [0.25, 0.3) is 5.57 Å². The minimum atomic E-state index is -4.30. The smallest absolute Gasteiger partial charge is 0.267 e. The van der Waals surface area contributed by atoms with Gasteiger partial charge in [0.15, 0.2) is 0 Å². The van der Waals surface area contributed by atoms with Gasteiger partial charge in [0.2, 0.25) is 5.91 Å². The van der Waals surface area contributed by atoms with Crippen molar-refractivity contribution in [3.8, 4) is 0 Å². The van der Waals surface area contributed by atoms with E-state index >= 15 is 0 Å². The Labute approximate surface area is 205 Å². The number of rotatable bonds is 6. The molecule has 0 bridgehead atoms. The first-order chi connectivity index (χ1) is 16.0. The maximum atomic E-state index is 13.4. The molecule has 2 aliphatic rings. The number of thioether (sulfide) groups is 1. The third kappa shape index (κ3) is 4.89. The van der Waals surface area contributed by atoms with E-state index in [-0.39, 0.29) is 27.9 Å². The Bertz CT molecular complexity index is 1370. The van der Waals surface area contributed by atoms with Crippen LogP contribution in [0.2, 0.25) is 0 Å². The van der Waals surface area contributed by atoms with E-state index in [4.69, 9.17) is 16.8 Å². The van der Waals surface area contributed by atoms with Crippen molar-refractivity contribution in [2.45, 2.75) is 6.92 Å². The maximum absolute atomic E-state index is 13.4. The minimum Gasteiger partial charge on any atom is -0.325 e. The van der Waals surface area contributed by atoms with Crippen molar-refractivity contribution in [3.05, 3.63) is 64.6 Å². The monoisotopic (exact) mass is 517 g/mol. The van der Waals surface area contributed by atoms with E-state index in [1.54, 1.807) is 36.4 Å². The van der Waals surface area contributed by atoms with E-state index in [0.29, 0.717) is 16.9 Å². The van der Waals surface area contributed by atoms with E-state index in [2.05, 4.69) is 5.32 Å². The lowest BCUT2D eigenvalue weighted by atomic mass is 10.1. The molecule has 1 fully saturated rings. The van der Waals surface area contributed by atoms with Crippen LogP contribution in [-0.2, 0) is 24.5 Å². The molecule has 2 aliphatic heterocycles. The molecular weight excluding hydrogens is 498 g/mol. The fourth-order valence-corrected chi connectivity index (χ4v) is 5.47. The van der Waals surface area contributed by atoms with Crippen LogP contribution in [0.1, 0.15) is 11.1 Å². The second-order valence-electron chi connectivity index (χ2n) is 7.64. The molecule has 0 atom stereocenters. The lowest BCUT2D eigenvalue weighted by molar-refractivity contribution is -0.122. The highest BCUT2D eigenvalue weighted by Crippen LogP contribution is 2.44. The molecule has 3 amide bonds. The third-order valence-corrected chi connectivity index (χ3v) is 7.32. The molecule has 12 heteroatoms. The van der Waals surface area contributed by atoms with Crippen molar-refractivity contribution in [3.63, 3.8) is 0 Å². The molecule has 0 radical (unpaired) electrons. The second-order valence-corrected chi connectivity index (χ2v) is 10.9. The van der Waals surface area contributed by atoms with Crippen molar-refractivity contribution in [2.24, 2.45) is 0 Å². The number of carbonyl (C=O) groups is 3. The highest BCUT2D eigenvalue weighted by Gasteiger charge is 2.42. The van der Waals surface area contributed by atoms with Crippen molar-refractivity contribution in [2.75, 3.05) is 29.1 Å². The van der Waals surface area contributed by atoms with Gasteiger partial charge >= 0.3 is 0 Å². The Kier molecular flexibility index (Phi) is 6.58. The van der Waals surface area contributed by atoms with Gasteiger partial charge in [0, 0.05) is 17.8 Å². The van der Waals surface area contributed by atoms with Gasteiger partial charge in [-0.3, -0.25) is 28.7 Å². The molecule has 0 saturated carbocycles. The Morgan fingerprint density at radius 2 is 1.82 bits per heavy atom. The van der Waals surface area contributed by atoms with Gasteiger partial charge < -0.3 is 5.32 Å². The van der Waals surface area contributed by atoms with Crippen molar-refractivity contribution < 1.29 is 27.4 Å². The normalized spacial score (nSPS) is 18.0. The quantitative estimate of drug-likeness (QED) is 0.340. The number of anilines is 2. The van der Waals surface area contributed by atoms with Crippen molar-refractivity contribution in [1.82, 2.24) is 4.90 Å². The summed E-state index contributed by atoms with van der Waals surface area (Å²) in [5.41, 5.74) is 2.63. The molecule has 2 N–H and O–H groups in total. The fourth-order valence-electron chi connectivity index (χ4n) is 3.67. The lowest BCUT2D eigenvalue weighted by Gasteiger charge is -2.17. The van der Waals surface area contributed by atoms with Crippen LogP contribution in [0.4, 0.5) is 11.4 Å². The van der Waals surface area contributed by atoms with Crippen LogP contribution in [-0.4, -0.2) is 58.8 Å². The number of thiocarbonyl (C=S) groups is 1. The van der Waals surface area contributed by atoms with Crippen LogP contribution in [0.5, 0.6) is 0 Å². The molecule has 9 nitrogen and oxygen atoms in total. The number of nitrogens with one attached hydrogen (secondary N) is 1. The predicted octanol–water partition coefficient (Wildman–Crippen LogP) is 2.44. The van der Waals surface area contributed by atoms with Gasteiger partial charge in [-0.15, -0.1) is 0 Å². The molecule has 2 heterocycles. The molecule has 0 unspecified atom stereocenters. The van der Waals surface area contributed by atoms with Gasteiger partial charge in [0.05, 0.1) is 21.9 Å². The molecule has 34 heavy (non-hydrogen) atoms. The van der Waals surface area contributed by atoms with E-state index < -0.39 is 33.6 Å². The summed E-state index contributed by atoms with van der Waals surface area (Å²) in [4.78, 5) is 41.5. The maximum Gasteiger partial charge on any atom is 0.267 e. The zero-order valence-electron chi connectivity index (χ0n) is 17.8. The van der Waals surface area contributed by atoms with E-state index in [9.17, 15) is 22.8 Å². The van der Waals surface area contributed by atoms with Crippen LogP contribution >= 0.6 is 24.0 Å². The Hall–Kier alpha value is -3.06. The van der Waals surface area contributed by atoms with Crippen LogP contribution in [0.15, 0.2) is 53.4 Å². The van der Waals surface area contributed by atoms with E-state index in [0.717, 1.165) is 22.2 Å². The molecule has 4 rings (SSSR count). The Morgan fingerprint density at radius 1 is 1.09 bits per heavy atom. The average molecular weight is 518 g/mol. The zero-order valence-corrected chi connectivity index (χ0v) is 20.3. The molecule has 0 aliphatic carbocycles. The van der Waals surface area contributed by atoms with Gasteiger partial charge in [-0.25, -0.2) is 0 Å². The summed E-state index contributed by atoms with van der Waals surface area (Å²) < 4.78 is 31.3. The molecule has 1 saturated heterocycles. The van der Waals surface area contributed by atoms with Crippen LogP contribution in [0, 0.1) is 6.92 Å². The summed E-state index contributed by atoms with van der Waals surface area (Å²) in [6, 6.07) is 14.0. The summed E-state index contributed by atoms with van der Waals surface area (Å²) in [5.74, 6) is -2.24. The minimum absolute atomic E-state index is 0.0550. The van der Waals surface area contributed by atoms with Crippen LogP contribution < -0.4 is 10.2 Å². The third-order valence-electron chi connectivity index (χ3n) is 5.18. The summed E-state index contributed by atoms with van der Waals surface area (Å²) in [6.45, 7) is 1.30. The number of carbonyl (C=O) groups excluding carboxylic acids is 3. The van der Waals surface area contributed by atoms with E-state index in [1.807, 2.05) is 19.1 Å². The lowest BCUT2D eigenvalue weighted by Crippen LogP contribution is -2.36. The first-order valence-corrected chi connectivity index (χ1v) is 12.9. The van der Waals surface area contributed by atoms with Gasteiger partial charge in [-0.1, -0.05) is 54.3 Å². The highest BCUT2D eigenvalue weighted by atomic mass is 32.2. The Balaban J connectivity index is 1.62. The number of nitrogens with zero attached hydrogens (tertiary/aromatic N) is 2. The molecule has 0 spiro atoms. The first kappa shape index (κ1) is 24.1. The summed E-state index contributed by atoms with van der Waals surface area (Å²) in [7, 11) is -4.30. The highest BCUT2D eigenvalue weighted by molar-refractivity contribution is 8.26. The summed E-state index contributed by atoms with van der Waals surface area (Å²) in [5, 5.41) is 2.77. The van der Waals surface area contributed by atoms with Crippen LogP contribution in [0.3, 0.4) is 0 Å².